The molecule has 1 aromatic carbocycles. The van der Waals surface area contributed by atoms with Gasteiger partial charge in [-0.1, -0.05) is 12.1 Å². The molecular formula is C21H26N4O2S. The second-order valence-corrected chi connectivity index (χ2v) is 7.71. The van der Waals surface area contributed by atoms with Crippen LogP contribution in [-0.2, 0) is 0 Å². The van der Waals surface area contributed by atoms with E-state index in [0.29, 0.717) is 17.1 Å². The molecule has 1 fully saturated rings. The number of unbranched alkanes of at least 4 members (excludes halogenated alkanes) is 1. The Morgan fingerprint density at radius 3 is 2.68 bits per heavy atom. The van der Waals surface area contributed by atoms with Gasteiger partial charge in [-0.2, -0.15) is 5.26 Å². The average Bonchev–Trinajstić information content (AvgIpc) is 3.37. The normalized spacial score (nSPS) is 13.9. The zero-order valence-corrected chi connectivity index (χ0v) is 17.0. The fourth-order valence-corrected chi connectivity index (χ4v) is 4.27. The largest absolute Gasteiger partial charge is 0.497 e. The predicted octanol–water partition coefficient (Wildman–Crippen LogP) is 4.29. The number of amides is 2. The van der Waals surface area contributed by atoms with Crippen LogP contribution in [0.2, 0.25) is 0 Å². The topological polar surface area (TPSA) is 77.4 Å². The van der Waals surface area contributed by atoms with Crippen LogP contribution in [0, 0.1) is 11.3 Å². The lowest BCUT2D eigenvalue weighted by molar-refractivity contribution is 0.251. The number of thiophene rings is 1. The fraction of sp³-hybridized carbons (Fsp3) is 0.429. The Kier molecular flexibility index (Phi) is 7.29. The quantitative estimate of drug-likeness (QED) is 0.650. The lowest BCUT2D eigenvalue weighted by atomic mass is 10.0. The highest BCUT2D eigenvalue weighted by molar-refractivity contribution is 7.15. The van der Waals surface area contributed by atoms with Crippen LogP contribution in [-0.4, -0.2) is 44.2 Å². The number of nitriles is 1. The van der Waals surface area contributed by atoms with Gasteiger partial charge in [-0.3, -0.25) is 5.32 Å². The Labute approximate surface area is 170 Å². The fourth-order valence-electron chi connectivity index (χ4n) is 3.36. The summed E-state index contributed by atoms with van der Waals surface area (Å²) < 4.78 is 5.17. The number of benzene rings is 1. The summed E-state index contributed by atoms with van der Waals surface area (Å²) in [6, 6.07) is 9.48. The number of urea groups is 1. The molecular weight excluding hydrogens is 372 g/mol. The van der Waals surface area contributed by atoms with Crippen molar-refractivity contribution in [1.82, 2.24) is 10.2 Å². The number of hydrogen-bond acceptors (Lipinski definition) is 5. The van der Waals surface area contributed by atoms with Gasteiger partial charge in [0.05, 0.1) is 12.7 Å². The minimum absolute atomic E-state index is 0.263. The number of nitrogens with zero attached hydrogens (tertiary/aromatic N) is 2. The molecule has 0 radical (unpaired) electrons. The van der Waals surface area contributed by atoms with Crippen molar-refractivity contribution in [1.29, 1.82) is 5.26 Å². The molecule has 6 nitrogen and oxygen atoms in total. The molecule has 2 aromatic rings. The van der Waals surface area contributed by atoms with Crippen molar-refractivity contribution in [2.24, 2.45) is 0 Å². The van der Waals surface area contributed by atoms with E-state index in [9.17, 15) is 10.1 Å². The summed E-state index contributed by atoms with van der Waals surface area (Å²) in [4.78, 5) is 14.7. The van der Waals surface area contributed by atoms with E-state index in [1.807, 2.05) is 29.6 Å². The second kappa shape index (κ2) is 10.1. The molecule has 1 aromatic heterocycles. The van der Waals surface area contributed by atoms with Gasteiger partial charge in [0.25, 0.3) is 0 Å². The first-order chi connectivity index (χ1) is 13.7. The van der Waals surface area contributed by atoms with Gasteiger partial charge in [-0.25, -0.2) is 4.79 Å². The third-order valence-electron chi connectivity index (χ3n) is 4.92. The summed E-state index contributed by atoms with van der Waals surface area (Å²) in [5, 5.41) is 17.7. The molecule has 1 aliphatic heterocycles. The molecule has 0 aliphatic carbocycles. The Morgan fingerprint density at radius 1 is 1.25 bits per heavy atom. The highest BCUT2D eigenvalue weighted by atomic mass is 32.1. The standard InChI is InChI=1S/C21H26N4O2S/c1-27-17-8-6-16(7-9-17)19-15-28-20(18(19)14-22)24-21(26)23-10-2-3-11-25-12-4-5-13-25/h6-9,15H,2-5,10-13H2,1H3,(H2,23,24,26). The molecule has 0 unspecified atom stereocenters. The molecule has 0 atom stereocenters. The van der Waals surface area contributed by atoms with E-state index in [4.69, 9.17) is 4.74 Å². The van der Waals surface area contributed by atoms with E-state index >= 15 is 0 Å². The minimum atomic E-state index is -0.263. The number of hydrogen-bond donors (Lipinski definition) is 2. The van der Waals surface area contributed by atoms with Gasteiger partial charge < -0.3 is 15.0 Å². The first-order valence-electron chi connectivity index (χ1n) is 9.64. The van der Waals surface area contributed by atoms with E-state index in [1.54, 1.807) is 7.11 Å². The lowest BCUT2D eigenvalue weighted by Gasteiger charge is -2.14. The molecule has 0 bridgehead atoms. The van der Waals surface area contributed by atoms with Gasteiger partial charge in [0.1, 0.15) is 16.8 Å². The number of likely N-dealkylation sites (tertiary alicyclic amines) is 1. The summed E-state index contributed by atoms with van der Waals surface area (Å²) in [5.74, 6) is 0.764. The maximum Gasteiger partial charge on any atom is 0.319 e. The molecule has 0 spiro atoms. The van der Waals surface area contributed by atoms with Crippen molar-refractivity contribution in [3.8, 4) is 22.9 Å². The summed E-state index contributed by atoms with van der Waals surface area (Å²) in [5.41, 5.74) is 2.22. The minimum Gasteiger partial charge on any atom is -0.497 e. The second-order valence-electron chi connectivity index (χ2n) is 6.83. The monoisotopic (exact) mass is 398 g/mol. The Bertz CT molecular complexity index is 820. The number of nitrogens with one attached hydrogen (secondary N) is 2. The Balaban J connectivity index is 1.50. The molecule has 2 amide bonds. The van der Waals surface area contributed by atoms with E-state index in [-0.39, 0.29) is 6.03 Å². The van der Waals surface area contributed by atoms with Crippen molar-refractivity contribution in [2.75, 3.05) is 38.6 Å². The first kappa shape index (κ1) is 20.2. The van der Waals surface area contributed by atoms with Crippen LogP contribution in [0.25, 0.3) is 11.1 Å². The summed E-state index contributed by atoms with van der Waals surface area (Å²) in [6.45, 7) is 4.16. The average molecular weight is 399 g/mol. The van der Waals surface area contributed by atoms with Crippen LogP contribution in [0.4, 0.5) is 9.80 Å². The zero-order valence-electron chi connectivity index (χ0n) is 16.2. The molecule has 7 heteroatoms. The van der Waals surface area contributed by atoms with Crippen LogP contribution in [0.5, 0.6) is 5.75 Å². The smallest absolute Gasteiger partial charge is 0.319 e. The Morgan fingerprint density at radius 2 is 2.00 bits per heavy atom. The number of ether oxygens (including phenoxy) is 1. The molecule has 1 aliphatic rings. The number of anilines is 1. The van der Waals surface area contributed by atoms with Crippen molar-refractivity contribution in [3.63, 3.8) is 0 Å². The van der Waals surface area contributed by atoms with Crippen LogP contribution in [0.1, 0.15) is 31.2 Å². The van der Waals surface area contributed by atoms with Crippen molar-refractivity contribution in [2.45, 2.75) is 25.7 Å². The highest BCUT2D eigenvalue weighted by Gasteiger charge is 2.15. The number of methoxy groups -OCH3 is 1. The maximum atomic E-state index is 12.2. The maximum absolute atomic E-state index is 12.2. The summed E-state index contributed by atoms with van der Waals surface area (Å²) >= 11 is 1.36. The molecule has 1 saturated heterocycles. The van der Waals surface area contributed by atoms with Gasteiger partial charge in [0, 0.05) is 17.5 Å². The summed E-state index contributed by atoms with van der Waals surface area (Å²) in [7, 11) is 1.62. The number of rotatable bonds is 8. The third-order valence-corrected chi connectivity index (χ3v) is 5.81. The third kappa shape index (κ3) is 5.24. The van der Waals surface area contributed by atoms with Crippen LogP contribution >= 0.6 is 11.3 Å². The van der Waals surface area contributed by atoms with E-state index < -0.39 is 0 Å². The van der Waals surface area contributed by atoms with Crippen LogP contribution in [0.3, 0.4) is 0 Å². The van der Waals surface area contributed by atoms with Gasteiger partial charge >= 0.3 is 6.03 Å². The summed E-state index contributed by atoms with van der Waals surface area (Å²) in [6.07, 6.45) is 4.66. The number of carbonyl (C=O) groups excluding carboxylic acids is 1. The van der Waals surface area contributed by atoms with E-state index in [1.165, 1.54) is 37.3 Å². The molecule has 2 heterocycles. The van der Waals surface area contributed by atoms with Crippen LogP contribution < -0.4 is 15.4 Å². The van der Waals surface area contributed by atoms with Crippen molar-refractivity contribution < 1.29 is 9.53 Å². The van der Waals surface area contributed by atoms with Gasteiger partial charge in [0.2, 0.25) is 0 Å². The molecule has 148 valence electrons. The predicted molar refractivity (Wildman–Crippen MR) is 113 cm³/mol. The van der Waals surface area contributed by atoms with Crippen molar-refractivity contribution >= 4 is 22.4 Å². The highest BCUT2D eigenvalue weighted by Crippen LogP contribution is 2.35. The van der Waals surface area contributed by atoms with Crippen molar-refractivity contribution in [3.05, 3.63) is 35.2 Å². The molecule has 0 saturated carbocycles. The van der Waals surface area contributed by atoms with Gasteiger partial charge in [-0.15, -0.1) is 11.3 Å². The molecule has 2 N–H and O–H groups in total. The van der Waals surface area contributed by atoms with E-state index in [2.05, 4.69) is 21.6 Å². The number of carbonyl (C=O) groups is 1. The van der Waals surface area contributed by atoms with E-state index in [0.717, 1.165) is 36.3 Å². The zero-order chi connectivity index (χ0) is 19.8. The van der Waals surface area contributed by atoms with Gasteiger partial charge in [0.15, 0.2) is 0 Å². The SMILES string of the molecule is COc1ccc(-c2csc(NC(=O)NCCCCN3CCCC3)c2C#N)cc1. The first-order valence-corrected chi connectivity index (χ1v) is 10.5. The molecule has 3 rings (SSSR count). The Hall–Kier alpha value is -2.56. The van der Waals surface area contributed by atoms with Gasteiger partial charge in [-0.05, 0) is 63.0 Å². The lowest BCUT2D eigenvalue weighted by Crippen LogP contribution is -2.30. The molecule has 28 heavy (non-hydrogen) atoms. The van der Waals surface area contributed by atoms with Crippen LogP contribution in [0.15, 0.2) is 29.6 Å².